The van der Waals surface area contributed by atoms with Crippen LogP contribution in [0.2, 0.25) is 0 Å². The zero-order chi connectivity index (χ0) is 12.1. The average molecular weight is 300 g/mol. The van der Waals surface area contributed by atoms with Gasteiger partial charge in [0.2, 0.25) is 5.91 Å². The number of nitrogens with one attached hydrogen (secondary N) is 1. The molecule has 0 aromatic heterocycles. The molecule has 0 aromatic rings. The maximum Gasteiger partial charge on any atom is 0.220 e. The van der Waals surface area contributed by atoms with E-state index in [1.165, 1.54) is 38.5 Å². The van der Waals surface area contributed by atoms with Crippen LogP contribution in [-0.4, -0.2) is 16.8 Å². The van der Waals surface area contributed by atoms with Crippen molar-refractivity contribution >= 4 is 21.8 Å². The molecule has 2 atom stereocenters. The minimum atomic E-state index is 0.269. The number of hydrogen-bond acceptors (Lipinski definition) is 1. The number of alkyl halides is 1. The van der Waals surface area contributed by atoms with Crippen LogP contribution < -0.4 is 5.32 Å². The van der Waals surface area contributed by atoms with Gasteiger partial charge in [0, 0.05) is 17.3 Å². The third kappa shape index (κ3) is 2.16. The van der Waals surface area contributed by atoms with Gasteiger partial charge in [-0.2, -0.15) is 0 Å². The third-order valence-electron chi connectivity index (χ3n) is 5.02. The number of carbonyl (C=O) groups is 1. The van der Waals surface area contributed by atoms with Crippen LogP contribution in [0.15, 0.2) is 0 Å². The zero-order valence-electron chi connectivity index (χ0n) is 10.6. The highest BCUT2D eigenvalue weighted by molar-refractivity contribution is 9.10. The Morgan fingerprint density at radius 1 is 1.29 bits per heavy atom. The standard InChI is InChI=1S/C14H22BrNO/c1-2-16-12(17)8-13-4-10-3-11(5-13)7-14(15,6-10)9-13/h10-11H,2-9H2,1H3,(H,16,17). The van der Waals surface area contributed by atoms with Crippen molar-refractivity contribution in [3.8, 4) is 0 Å². The molecule has 1 amide bonds. The predicted octanol–water partition coefficient (Wildman–Crippen LogP) is 3.25. The molecular formula is C14H22BrNO. The second kappa shape index (κ2) is 3.97. The fourth-order valence-electron chi connectivity index (χ4n) is 5.14. The van der Waals surface area contributed by atoms with Crippen LogP contribution >= 0.6 is 15.9 Å². The largest absolute Gasteiger partial charge is 0.356 e. The summed E-state index contributed by atoms with van der Waals surface area (Å²) in [6.07, 6.45) is 8.71. The van der Waals surface area contributed by atoms with Gasteiger partial charge in [-0.15, -0.1) is 0 Å². The lowest BCUT2D eigenvalue weighted by Gasteiger charge is -2.60. The summed E-state index contributed by atoms with van der Waals surface area (Å²) in [6, 6.07) is 0. The van der Waals surface area contributed by atoms with E-state index >= 15 is 0 Å². The molecule has 3 heteroatoms. The Morgan fingerprint density at radius 3 is 2.47 bits per heavy atom. The molecule has 4 rings (SSSR count). The molecule has 4 bridgehead atoms. The van der Waals surface area contributed by atoms with Crippen molar-refractivity contribution < 1.29 is 4.79 Å². The summed E-state index contributed by atoms with van der Waals surface area (Å²) in [5, 5.41) is 2.98. The molecule has 17 heavy (non-hydrogen) atoms. The maximum absolute atomic E-state index is 11.9. The van der Waals surface area contributed by atoms with Crippen LogP contribution in [0.25, 0.3) is 0 Å². The van der Waals surface area contributed by atoms with Crippen LogP contribution in [0.4, 0.5) is 0 Å². The van der Waals surface area contributed by atoms with Crippen molar-refractivity contribution in [2.45, 2.75) is 56.2 Å². The van der Waals surface area contributed by atoms with E-state index in [1.54, 1.807) is 0 Å². The van der Waals surface area contributed by atoms with E-state index in [2.05, 4.69) is 21.2 Å². The first-order chi connectivity index (χ1) is 8.03. The molecule has 96 valence electrons. The molecule has 0 aliphatic heterocycles. The molecule has 1 N–H and O–H groups in total. The van der Waals surface area contributed by atoms with Crippen LogP contribution in [-0.2, 0) is 4.79 Å². The first-order valence-corrected chi connectivity index (χ1v) is 7.77. The molecule has 4 saturated carbocycles. The van der Waals surface area contributed by atoms with E-state index in [1.807, 2.05) is 6.92 Å². The quantitative estimate of drug-likeness (QED) is 0.797. The number of halogens is 1. The van der Waals surface area contributed by atoms with Crippen molar-refractivity contribution in [3.05, 3.63) is 0 Å². The summed E-state index contributed by atoms with van der Waals surface area (Å²) in [4.78, 5) is 11.9. The van der Waals surface area contributed by atoms with Gasteiger partial charge >= 0.3 is 0 Å². The molecule has 0 aromatic carbocycles. The highest BCUT2D eigenvalue weighted by Gasteiger charge is 2.57. The highest BCUT2D eigenvalue weighted by Crippen LogP contribution is 2.65. The lowest BCUT2D eigenvalue weighted by Crippen LogP contribution is -2.54. The number of carbonyl (C=O) groups excluding carboxylic acids is 1. The van der Waals surface area contributed by atoms with Crippen LogP contribution in [0.5, 0.6) is 0 Å². The molecule has 4 aliphatic rings. The number of rotatable bonds is 3. The Labute approximate surface area is 112 Å². The monoisotopic (exact) mass is 299 g/mol. The van der Waals surface area contributed by atoms with E-state index in [0.29, 0.717) is 9.74 Å². The SMILES string of the molecule is CCNC(=O)CC12CC3CC(CC(Br)(C3)C1)C2. The molecule has 4 aliphatic carbocycles. The summed E-state index contributed by atoms with van der Waals surface area (Å²) in [5.41, 5.74) is 0.326. The second-order valence-corrected chi connectivity index (χ2v) is 8.42. The first kappa shape index (κ1) is 12.0. The lowest BCUT2D eigenvalue weighted by molar-refractivity contribution is -0.128. The van der Waals surface area contributed by atoms with Crippen molar-refractivity contribution in [3.63, 3.8) is 0 Å². The molecule has 4 fully saturated rings. The van der Waals surface area contributed by atoms with E-state index in [4.69, 9.17) is 0 Å². The molecule has 0 heterocycles. The van der Waals surface area contributed by atoms with Crippen molar-refractivity contribution in [1.82, 2.24) is 5.32 Å². The second-order valence-electron chi connectivity index (χ2n) is 6.74. The van der Waals surface area contributed by atoms with E-state index in [0.717, 1.165) is 24.8 Å². The minimum absolute atomic E-state index is 0.269. The fourth-order valence-corrected chi connectivity index (χ4v) is 6.65. The van der Waals surface area contributed by atoms with Gasteiger partial charge < -0.3 is 5.32 Å². The van der Waals surface area contributed by atoms with E-state index in [-0.39, 0.29) is 5.91 Å². The van der Waals surface area contributed by atoms with Gasteiger partial charge in [-0.1, -0.05) is 15.9 Å². The van der Waals surface area contributed by atoms with E-state index < -0.39 is 0 Å². The van der Waals surface area contributed by atoms with Crippen molar-refractivity contribution in [1.29, 1.82) is 0 Å². The smallest absolute Gasteiger partial charge is 0.220 e. The summed E-state index contributed by atoms with van der Waals surface area (Å²) in [5.74, 6) is 2.03. The molecule has 0 radical (unpaired) electrons. The summed E-state index contributed by atoms with van der Waals surface area (Å²) in [7, 11) is 0. The molecule has 0 spiro atoms. The van der Waals surface area contributed by atoms with Crippen LogP contribution in [0, 0.1) is 17.3 Å². The molecule has 0 saturated heterocycles. The van der Waals surface area contributed by atoms with Gasteiger partial charge in [-0.25, -0.2) is 0 Å². The van der Waals surface area contributed by atoms with Crippen molar-refractivity contribution in [2.24, 2.45) is 17.3 Å². The normalized spacial score (nSPS) is 47.2. The van der Waals surface area contributed by atoms with Gasteiger partial charge in [-0.3, -0.25) is 4.79 Å². The van der Waals surface area contributed by atoms with Crippen molar-refractivity contribution in [2.75, 3.05) is 6.54 Å². The van der Waals surface area contributed by atoms with Crippen LogP contribution in [0.1, 0.15) is 51.9 Å². The topological polar surface area (TPSA) is 29.1 Å². The van der Waals surface area contributed by atoms with Gasteiger partial charge in [0.15, 0.2) is 0 Å². The lowest BCUT2D eigenvalue weighted by atomic mass is 9.48. The molecular weight excluding hydrogens is 278 g/mol. The van der Waals surface area contributed by atoms with Gasteiger partial charge in [0.1, 0.15) is 0 Å². The first-order valence-electron chi connectivity index (χ1n) is 6.98. The molecule has 2 unspecified atom stereocenters. The van der Waals surface area contributed by atoms with E-state index in [9.17, 15) is 4.79 Å². The Morgan fingerprint density at radius 2 is 1.94 bits per heavy atom. The fraction of sp³-hybridized carbons (Fsp3) is 0.929. The maximum atomic E-state index is 11.9. The van der Waals surface area contributed by atoms with Gasteiger partial charge in [0.25, 0.3) is 0 Å². The third-order valence-corrected chi connectivity index (χ3v) is 5.95. The average Bonchev–Trinajstić information content (AvgIpc) is 2.11. The molecule has 2 nitrogen and oxygen atoms in total. The van der Waals surface area contributed by atoms with Gasteiger partial charge in [-0.05, 0) is 62.7 Å². The predicted molar refractivity (Wildman–Crippen MR) is 72.1 cm³/mol. The number of hydrogen-bond donors (Lipinski definition) is 1. The summed E-state index contributed by atoms with van der Waals surface area (Å²) < 4.78 is 0.379. The van der Waals surface area contributed by atoms with Gasteiger partial charge in [0.05, 0.1) is 0 Å². The Kier molecular flexibility index (Phi) is 2.81. The Bertz CT molecular complexity index is 327. The zero-order valence-corrected chi connectivity index (χ0v) is 12.2. The Hall–Kier alpha value is -0.0500. The highest BCUT2D eigenvalue weighted by atomic mass is 79.9. The van der Waals surface area contributed by atoms with Crippen LogP contribution in [0.3, 0.4) is 0 Å². The minimum Gasteiger partial charge on any atom is -0.356 e. The summed E-state index contributed by atoms with van der Waals surface area (Å²) >= 11 is 3.99. The summed E-state index contributed by atoms with van der Waals surface area (Å²) in [6.45, 7) is 2.77. The number of amides is 1. The Balaban J connectivity index is 1.76.